The highest BCUT2D eigenvalue weighted by molar-refractivity contribution is 5.92. The molecule has 1 amide bonds. The fraction of sp³-hybridized carbons (Fsp3) is 0.125. The molecular formula is C16H12F3NO3. The molecule has 4 nitrogen and oxygen atoms in total. The average Bonchev–Trinajstić information content (AvgIpc) is 2.51. The van der Waals surface area contributed by atoms with Crippen molar-refractivity contribution in [3.8, 4) is 0 Å². The predicted molar refractivity (Wildman–Crippen MR) is 76.1 cm³/mol. The van der Waals surface area contributed by atoms with Gasteiger partial charge in [-0.25, -0.2) is 13.2 Å². The van der Waals surface area contributed by atoms with Crippen molar-refractivity contribution in [3.63, 3.8) is 0 Å². The summed E-state index contributed by atoms with van der Waals surface area (Å²) in [6.07, 6.45) is -0.112. The van der Waals surface area contributed by atoms with E-state index in [-0.39, 0.29) is 12.1 Å². The van der Waals surface area contributed by atoms with Crippen LogP contribution in [0.25, 0.3) is 0 Å². The van der Waals surface area contributed by atoms with Gasteiger partial charge in [0.25, 0.3) is 5.91 Å². The molecule has 0 spiro atoms. The Balaban J connectivity index is 1.80. The molecule has 23 heavy (non-hydrogen) atoms. The number of hydrogen-bond donors (Lipinski definition) is 1. The number of hydrogen-bond acceptors (Lipinski definition) is 3. The second-order valence-corrected chi connectivity index (χ2v) is 4.64. The molecular weight excluding hydrogens is 311 g/mol. The quantitative estimate of drug-likeness (QED) is 0.861. The molecule has 0 saturated heterocycles. The van der Waals surface area contributed by atoms with Crippen LogP contribution in [0.15, 0.2) is 42.5 Å². The van der Waals surface area contributed by atoms with Gasteiger partial charge >= 0.3 is 5.97 Å². The van der Waals surface area contributed by atoms with Gasteiger partial charge in [0.05, 0.1) is 6.42 Å². The van der Waals surface area contributed by atoms with E-state index in [1.807, 2.05) is 0 Å². The SMILES string of the molecule is O=C(COC(=O)Cc1ccc(F)cc1)Nc1ccc(F)c(F)c1. The van der Waals surface area contributed by atoms with Crippen LogP contribution in [0.1, 0.15) is 5.56 Å². The monoisotopic (exact) mass is 323 g/mol. The Morgan fingerprint density at radius 2 is 1.65 bits per heavy atom. The van der Waals surface area contributed by atoms with Crippen molar-refractivity contribution in [1.82, 2.24) is 0 Å². The number of benzene rings is 2. The maximum atomic E-state index is 13.0. The topological polar surface area (TPSA) is 55.4 Å². The third-order valence-corrected chi connectivity index (χ3v) is 2.83. The molecule has 0 saturated carbocycles. The molecule has 0 radical (unpaired) electrons. The van der Waals surface area contributed by atoms with Crippen molar-refractivity contribution < 1.29 is 27.5 Å². The number of amides is 1. The molecule has 0 aliphatic rings. The number of carbonyl (C=O) groups excluding carboxylic acids is 2. The summed E-state index contributed by atoms with van der Waals surface area (Å²) < 4.78 is 43.2. The smallest absolute Gasteiger partial charge is 0.310 e. The zero-order chi connectivity index (χ0) is 16.8. The third-order valence-electron chi connectivity index (χ3n) is 2.83. The second kappa shape index (κ2) is 7.44. The molecule has 2 rings (SSSR count). The van der Waals surface area contributed by atoms with Crippen LogP contribution in [0.3, 0.4) is 0 Å². The van der Waals surface area contributed by atoms with E-state index in [9.17, 15) is 22.8 Å². The molecule has 2 aromatic rings. The molecule has 0 unspecified atom stereocenters. The average molecular weight is 323 g/mol. The maximum absolute atomic E-state index is 13.0. The molecule has 0 aliphatic heterocycles. The van der Waals surface area contributed by atoms with Crippen LogP contribution in [0.2, 0.25) is 0 Å². The largest absolute Gasteiger partial charge is 0.455 e. The Bertz CT molecular complexity index is 717. The van der Waals surface area contributed by atoms with Gasteiger partial charge in [-0.15, -0.1) is 0 Å². The number of nitrogens with one attached hydrogen (secondary N) is 1. The van der Waals surface area contributed by atoms with E-state index in [0.717, 1.165) is 12.1 Å². The second-order valence-electron chi connectivity index (χ2n) is 4.64. The van der Waals surface area contributed by atoms with E-state index in [0.29, 0.717) is 5.56 Å². The number of ether oxygens (including phenoxy) is 1. The summed E-state index contributed by atoms with van der Waals surface area (Å²) in [5.74, 6) is -3.92. The van der Waals surface area contributed by atoms with Gasteiger partial charge in [-0.1, -0.05) is 12.1 Å². The van der Waals surface area contributed by atoms with Gasteiger partial charge in [-0.2, -0.15) is 0 Å². The zero-order valence-electron chi connectivity index (χ0n) is 11.8. The summed E-state index contributed by atoms with van der Waals surface area (Å²) in [5.41, 5.74) is 0.584. The van der Waals surface area contributed by atoms with Crippen LogP contribution in [-0.4, -0.2) is 18.5 Å². The first-order valence-electron chi connectivity index (χ1n) is 6.59. The Hall–Kier alpha value is -2.83. The molecule has 1 N–H and O–H groups in total. The highest BCUT2D eigenvalue weighted by Crippen LogP contribution is 2.13. The van der Waals surface area contributed by atoms with Gasteiger partial charge in [0.1, 0.15) is 5.82 Å². The maximum Gasteiger partial charge on any atom is 0.310 e. The van der Waals surface area contributed by atoms with E-state index >= 15 is 0 Å². The van der Waals surface area contributed by atoms with E-state index in [4.69, 9.17) is 4.74 Å². The highest BCUT2D eigenvalue weighted by atomic mass is 19.2. The van der Waals surface area contributed by atoms with Crippen molar-refractivity contribution >= 4 is 17.6 Å². The minimum Gasteiger partial charge on any atom is -0.455 e. The minimum atomic E-state index is -1.10. The Morgan fingerprint density at radius 3 is 2.30 bits per heavy atom. The molecule has 0 atom stereocenters. The lowest BCUT2D eigenvalue weighted by atomic mass is 10.1. The van der Waals surface area contributed by atoms with E-state index < -0.39 is 35.9 Å². The molecule has 7 heteroatoms. The first-order valence-corrected chi connectivity index (χ1v) is 6.59. The fourth-order valence-corrected chi connectivity index (χ4v) is 1.74. The standard InChI is InChI=1S/C16H12F3NO3/c17-11-3-1-10(2-4-11)7-16(22)23-9-15(21)20-12-5-6-13(18)14(19)8-12/h1-6,8H,7,9H2,(H,20,21). The van der Waals surface area contributed by atoms with Crippen LogP contribution >= 0.6 is 0 Å². The highest BCUT2D eigenvalue weighted by Gasteiger charge is 2.10. The van der Waals surface area contributed by atoms with Crippen LogP contribution in [0.4, 0.5) is 18.9 Å². The molecule has 0 aromatic heterocycles. The minimum absolute atomic E-state index is 0.0449. The number of rotatable bonds is 5. The lowest BCUT2D eigenvalue weighted by molar-refractivity contribution is -0.146. The lowest BCUT2D eigenvalue weighted by Crippen LogP contribution is -2.21. The van der Waals surface area contributed by atoms with Gasteiger partial charge in [0.2, 0.25) is 0 Å². The third kappa shape index (κ3) is 5.14. The summed E-state index contributed by atoms with van der Waals surface area (Å²) in [4.78, 5) is 23.1. The summed E-state index contributed by atoms with van der Waals surface area (Å²) in [6.45, 7) is -0.570. The van der Waals surface area contributed by atoms with Gasteiger partial charge < -0.3 is 10.1 Å². The zero-order valence-corrected chi connectivity index (χ0v) is 11.8. The first-order chi connectivity index (χ1) is 10.9. The van der Waals surface area contributed by atoms with Crippen LogP contribution in [0, 0.1) is 17.5 Å². The summed E-state index contributed by atoms with van der Waals surface area (Å²) in [7, 11) is 0. The molecule has 0 bridgehead atoms. The Morgan fingerprint density at radius 1 is 0.957 bits per heavy atom. The molecule has 120 valence electrons. The number of anilines is 1. The van der Waals surface area contributed by atoms with Crippen molar-refractivity contribution in [2.75, 3.05) is 11.9 Å². The van der Waals surface area contributed by atoms with Crippen molar-refractivity contribution in [2.24, 2.45) is 0 Å². The normalized spacial score (nSPS) is 10.2. The van der Waals surface area contributed by atoms with Crippen LogP contribution < -0.4 is 5.32 Å². The summed E-state index contributed by atoms with van der Waals surface area (Å²) in [5, 5.41) is 2.26. The van der Waals surface area contributed by atoms with Crippen molar-refractivity contribution in [1.29, 1.82) is 0 Å². The fourth-order valence-electron chi connectivity index (χ4n) is 1.74. The van der Waals surface area contributed by atoms with E-state index in [2.05, 4.69) is 5.32 Å². The number of carbonyl (C=O) groups is 2. The van der Waals surface area contributed by atoms with Gasteiger partial charge in [-0.3, -0.25) is 9.59 Å². The number of esters is 1. The van der Waals surface area contributed by atoms with E-state index in [1.54, 1.807) is 0 Å². The van der Waals surface area contributed by atoms with Crippen molar-refractivity contribution in [2.45, 2.75) is 6.42 Å². The van der Waals surface area contributed by atoms with Gasteiger partial charge in [0.15, 0.2) is 18.2 Å². The molecule has 2 aromatic carbocycles. The van der Waals surface area contributed by atoms with E-state index in [1.165, 1.54) is 30.3 Å². The predicted octanol–water partition coefficient (Wildman–Crippen LogP) is 2.83. The number of halogens is 3. The lowest BCUT2D eigenvalue weighted by Gasteiger charge is -2.07. The molecule has 0 heterocycles. The van der Waals surface area contributed by atoms with Crippen LogP contribution in [-0.2, 0) is 20.7 Å². The molecule has 0 aliphatic carbocycles. The van der Waals surface area contributed by atoms with Crippen molar-refractivity contribution in [3.05, 3.63) is 65.5 Å². The summed E-state index contributed by atoms with van der Waals surface area (Å²) in [6, 6.07) is 8.13. The Labute approximate surface area is 129 Å². The summed E-state index contributed by atoms with van der Waals surface area (Å²) >= 11 is 0. The first kappa shape index (κ1) is 16.5. The van der Waals surface area contributed by atoms with Gasteiger partial charge in [-0.05, 0) is 29.8 Å². The van der Waals surface area contributed by atoms with Crippen LogP contribution in [0.5, 0.6) is 0 Å². The Kier molecular flexibility index (Phi) is 5.35. The molecule has 0 fully saturated rings. The van der Waals surface area contributed by atoms with Gasteiger partial charge in [0, 0.05) is 11.8 Å².